The van der Waals surface area contributed by atoms with Crippen molar-refractivity contribution in [3.8, 4) is 0 Å². The first kappa shape index (κ1) is 13.7. The molecule has 3 N–H and O–H groups in total. The normalized spacial score (nSPS) is 18.8. The quantitative estimate of drug-likeness (QED) is 0.826. The lowest BCUT2D eigenvalue weighted by molar-refractivity contribution is 0.0240. The average molecular weight is 269 g/mol. The maximum absolute atomic E-state index is 5.98. The number of rotatable bonds is 4. The number of anilines is 1. The lowest BCUT2D eigenvalue weighted by atomic mass is 9.82. The molecule has 0 radical (unpaired) electrons. The highest BCUT2D eigenvalue weighted by Crippen LogP contribution is 2.28. The van der Waals surface area contributed by atoms with Gasteiger partial charge in [0.25, 0.3) is 0 Å². The van der Waals surface area contributed by atoms with E-state index in [1.807, 2.05) is 12.1 Å². The zero-order chi connectivity index (χ0) is 13.0. The molecule has 1 fully saturated rings. The second-order valence-corrected chi connectivity index (χ2v) is 5.86. The molecule has 0 bridgehead atoms. The fourth-order valence-electron chi connectivity index (χ4n) is 2.33. The van der Waals surface area contributed by atoms with E-state index in [2.05, 4.69) is 12.2 Å². The summed E-state index contributed by atoms with van der Waals surface area (Å²) in [5, 5.41) is 4.19. The highest BCUT2D eigenvalue weighted by Gasteiger charge is 2.26. The van der Waals surface area contributed by atoms with Gasteiger partial charge in [0, 0.05) is 37.0 Å². The Morgan fingerprint density at radius 3 is 2.72 bits per heavy atom. The van der Waals surface area contributed by atoms with Crippen LogP contribution in [0.4, 0.5) is 5.69 Å². The predicted octanol–water partition coefficient (Wildman–Crippen LogP) is 2.83. The summed E-state index contributed by atoms with van der Waals surface area (Å²) in [6.07, 6.45) is 2.25. The minimum absolute atomic E-state index is 0.350. The Hall–Kier alpha value is -0.770. The van der Waals surface area contributed by atoms with Crippen LogP contribution in [0.2, 0.25) is 5.02 Å². The number of hydrogen-bond acceptors (Lipinski definition) is 3. The molecule has 1 saturated heterocycles. The van der Waals surface area contributed by atoms with E-state index in [0.717, 1.165) is 50.4 Å². The number of halogens is 1. The van der Waals surface area contributed by atoms with Crippen molar-refractivity contribution < 1.29 is 4.74 Å². The van der Waals surface area contributed by atoms with Gasteiger partial charge in [-0.05, 0) is 42.0 Å². The molecule has 1 aromatic carbocycles. The van der Waals surface area contributed by atoms with Gasteiger partial charge >= 0.3 is 0 Å². The molecular formula is C14H21ClN2O. The predicted molar refractivity (Wildman–Crippen MR) is 75.7 cm³/mol. The van der Waals surface area contributed by atoms with Gasteiger partial charge in [0.2, 0.25) is 0 Å². The number of benzene rings is 1. The van der Waals surface area contributed by atoms with E-state index >= 15 is 0 Å². The summed E-state index contributed by atoms with van der Waals surface area (Å²) >= 11 is 5.98. The monoisotopic (exact) mass is 268 g/mol. The van der Waals surface area contributed by atoms with E-state index in [1.165, 1.54) is 0 Å². The second-order valence-electron chi connectivity index (χ2n) is 5.42. The molecule has 1 aliphatic rings. The van der Waals surface area contributed by atoms with E-state index in [-0.39, 0.29) is 0 Å². The molecule has 2 rings (SSSR count). The molecule has 0 saturated carbocycles. The number of ether oxygens (including phenoxy) is 1. The number of nitrogens with one attached hydrogen (secondary N) is 1. The van der Waals surface area contributed by atoms with E-state index in [1.54, 1.807) is 6.07 Å². The molecular weight excluding hydrogens is 248 g/mol. The van der Waals surface area contributed by atoms with Gasteiger partial charge in [0.05, 0.1) is 0 Å². The topological polar surface area (TPSA) is 47.3 Å². The van der Waals surface area contributed by atoms with Crippen molar-refractivity contribution in [1.82, 2.24) is 5.32 Å². The molecule has 100 valence electrons. The first-order chi connectivity index (χ1) is 8.57. The molecule has 18 heavy (non-hydrogen) atoms. The fourth-order valence-corrected chi connectivity index (χ4v) is 2.59. The zero-order valence-electron chi connectivity index (χ0n) is 10.8. The van der Waals surface area contributed by atoms with Crippen LogP contribution in [0.25, 0.3) is 0 Å². The van der Waals surface area contributed by atoms with Gasteiger partial charge < -0.3 is 15.8 Å². The van der Waals surface area contributed by atoms with Crippen molar-refractivity contribution in [1.29, 1.82) is 0 Å². The zero-order valence-corrected chi connectivity index (χ0v) is 11.6. The van der Waals surface area contributed by atoms with Crippen LogP contribution in [-0.2, 0) is 11.3 Å². The Bertz CT molecular complexity index is 383. The Morgan fingerprint density at radius 1 is 1.33 bits per heavy atom. The lowest BCUT2D eigenvalue weighted by Gasteiger charge is -2.33. The number of nitrogens with two attached hydrogens (primary N) is 1. The molecule has 0 amide bonds. The van der Waals surface area contributed by atoms with E-state index < -0.39 is 0 Å². The standard InChI is InChI=1S/C14H21ClN2O/c1-14(2-4-18-5-3-14)10-17-9-11-6-12(15)8-13(16)7-11/h6-8,17H,2-5,9-10,16H2,1H3. The van der Waals surface area contributed by atoms with Gasteiger partial charge in [0.15, 0.2) is 0 Å². The van der Waals surface area contributed by atoms with E-state index in [9.17, 15) is 0 Å². The van der Waals surface area contributed by atoms with Crippen LogP contribution in [0.15, 0.2) is 18.2 Å². The molecule has 0 aromatic heterocycles. The SMILES string of the molecule is CC1(CNCc2cc(N)cc(Cl)c2)CCOCC1. The van der Waals surface area contributed by atoms with Crippen LogP contribution in [-0.4, -0.2) is 19.8 Å². The maximum Gasteiger partial charge on any atom is 0.0471 e. The smallest absolute Gasteiger partial charge is 0.0471 e. The van der Waals surface area contributed by atoms with Gasteiger partial charge in [-0.2, -0.15) is 0 Å². The van der Waals surface area contributed by atoms with Crippen molar-refractivity contribution in [3.63, 3.8) is 0 Å². The molecule has 0 spiro atoms. The maximum atomic E-state index is 5.98. The average Bonchev–Trinajstić information content (AvgIpc) is 2.28. The molecule has 0 unspecified atom stereocenters. The Morgan fingerprint density at radius 2 is 2.06 bits per heavy atom. The van der Waals surface area contributed by atoms with Gasteiger partial charge in [-0.3, -0.25) is 0 Å². The highest BCUT2D eigenvalue weighted by atomic mass is 35.5. The van der Waals surface area contributed by atoms with Crippen LogP contribution in [0.3, 0.4) is 0 Å². The van der Waals surface area contributed by atoms with Gasteiger partial charge in [0.1, 0.15) is 0 Å². The third-order valence-electron chi connectivity index (χ3n) is 3.56. The third kappa shape index (κ3) is 3.87. The van der Waals surface area contributed by atoms with Crippen molar-refractivity contribution in [2.24, 2.45) is 5.41 Å². The highest BCUT2D eigenvalue weighted by molar-refractivity contribution is 6.30. The second kappa shape index (κ2) is 5.91. The summed E-state index contributed by atoms with van der Waals surface area (Å²) in [4.78, 5) is 0. The first-order valence-electron chi connectivity index (χ1n) is 6.41. The van der Waals surface area contributed by atoms with Crippen LogP contribution in [0, 0.1) is 5.41 Å². The number of hydrogen-bond donors (Lipinski definition) is 2. The summed E-state index contributed by atoms with van der Waals surface area (Å²) in [6.45, 7) is 5.88. The molecule has 1 aliphatic heterocycles. The largest absolute Gasteiger partial charge is 0.399 e. The van der Waals surface area contributed by atoms with Crippen molar-refractivity contribution in [2.75, 3.05) is 25.5 Å². The molecule has 1 heterocycles. The molecule has 0 atom stereocenters. The van der Waals surface area contributed by atoms with E-state index in [4.69, 9.17) is 22.1 Å². The summed E-state index contributed by atoms with van der Waals surface area (Å²) in [5.41, 5.74) is 7.97. The van der Waals surface area contributed by atoms with Crippen molar-refractivity contribution in [3.05, 3.63) is 28.8 Å². The van der Waals surface area contributed by atoms with Crippen LogP contribution in [0.5, 0.6) is 0 Å². The fraction of sp³-hybridized carbons (Fsp3) is 0.571. The number of nitrogen functional groups attached to an aromatic ring is 1. The Labute approximate surface area is 114 Å². The molecule has 1 aromatic rings. The van der Waals surface area contributed by atoms with Gasteiger partial charge in [-0.15, -0.1) is 0 Å². The first-order valence-corrected chi connectivity index (χ1v) is 6.79. The van der Waals surface area contributed by atoms with E-state index in [0.29, 0.717) is 10.4 Å². The summed E-state index contributed by atoms with van der Waals surface area (Å²) in [6, 6.07) is 5.69. The van der Waals surface area contributed by atoms with Crippen LogP contribution in [0.1, 0.15) is 25.3 Å². The molecule has 0 aliphatic carbocycles. The van der Waals surface area contributed by atoms with Crippen molar-refractivity contribution in [2.45, 2.75) is 26.3 Å². The summed E-state index contributed by atoms with van der Waals surface area (Å²) in [5.74, 6) is 0. The minimum Gasteiger partial charge on any atom is -0.399 e. The van der Waals surface area contributed by atoms with Crippen LogP contribution >= 0.6 is 11.6 Å². The minimum atomic E-state index is 0.350. The molecule has 4 heteroatoms. The molecule has 3 nitrogen and oxygen atoms in total. The summed E-state index contributed by atoms with van der Waals surface area (Å²) < 4.78 is 5.40. The lowest BCUT2D eigenvalue weighted by Crippen LogP contribution is -2.36. The Kier molecular flexibility index (Phi) is 4.49. The van der Waals surface area contributed by atoms with Crippen LogP contribution < -0.4 is 11.1 Å². The van der Waals surface area contributed by atoms with Gasteiger partial charge in [-0.25, -0.2) is 0 Å². The van der Waals surface area contributed by atoms with Crippen molar-refractivity contribution >= 4 is 17.3 Å². The third-order valence-corrected chi connectivity index (χ3v) is 3.78. The van der Waals surface area contributed by atoms with Gasteiger partial charge in [-0.1, -0.05) is 18.5 Å². The Balaban J connectivity index is 1.84. The summed E-state index contributed by atoms with van der Waals surface area (Å²) in [7, 11) is 0.